The van der Waals surface area contributed by atoms with Crippen LogP contribution >= 0.6 is 0 Å². The van der Waals surface area contributed by atoms with Gasteiger partial charge < -0.3 is 19.7 Å². The molecule has 2 N–H and O–H groups in total. The van der Waals surface area contributed by atoms with Crippen LogP contribution < -0.4 is 10.5 Å². The summed E-state index contributed by atoms with van der Waals surface area (Å²) >= 11 is 0. The molecule has 0 aliphatic rings. The van der Waals surface area contributed by atoms with Crippen LogP contribution in [0.25, 0.3) is 11.4 Å². The molecule has 1 amide bonds. The first-order chi connectivity index (χ1) is 13.7. The Balaban J connectivity index is 1.64. The number of benzene rings is 1. The van der Waals surface area contributed by atoms with Crippen molar-refractivity contribution in [3.63, 3.8) is 0 Å². The van der Waals surface area contributed by atoms with Crippen molar-refractivity contribution >= 4 is 6.09 Å². The zero-order valence-electron chi connectivity index (χ0n) is 15.0. The standard InChI is InChI=1S/C18H15F3N4O4/c1-10(27-17(22)26)8-15-24-16(25-29-15)11-2-5-13(6-3-11)28-14-7-4-12(9-23-14)18(19,20)21/h2-7,9-10H,8H2,1H3,(H2,22,26). The molecule has 1 atom stereocenters. The minimum Gasteiger partial charge on any atom is -0.446 e. The highest BCUT2D eigenvalue weighted by atomic mass is 19.4. The predicted molar refractivity (Wildman–Crippen MR) is 92.9 cm³/mol. The van der Waals surface area contributed by atoms with Gasteiger partial charge in [-0.05, 0) is 37.3 Å². The number of primary amides is 1. The largest absolute Gasteiger partial charge is 0.446 e. The summed E-state index contributed by atoms with van der Waals surface area (Å²) in [6.45, 7) is 1.63. The number of nitrogens with zero attached hydrogens (tertiary/aromatic N) is 3. The number of carbonyl (C=O) groups excluding carboxylic acids is 1. The topological polar surface area (TPSA) is 113 Å². The summed E-state index contributed by atoms with van der Waals surface area (Å²) in [5, 5.41) is 3.85. The molecule has 152 valence electrons. The van der Waals surface area contributed by atoms with Crippen LogP contribution in [-0.4, -0.2) is 27.3 Å². The number of carbonyl (C=O) groups is 1. The molecule has 0 saturated carbocycles. The Morgan fingerprint density at radius 1 is 1.21 bits per heavy atom. The summed E-state index contributed by atoms with van der Waals surface area (Å²) in [6.07, 6.45) is -4.96. The molecule has 0 bridgehead atoms. The molecule has 3 rings (SSSR count). The zero-order valence-corrected chi connectivity index (χ0v) is 15.0. The summed E-state index contributed by atoms with van der Waals surface area (Å²) in [5.41, 5.74) is 4.71. The molecular weight excluding hydrogens is 393 g/mol. The number of rotatable bonds is 6. The monoisotopic (exact) mass is 408 g/mol. The number of hydrogen-bond donors (Lipinski definition) is 1. The van der Waals surface area contributed by atoms with Crippen molar-refractivity contribution in [1.29, 1.82) is 0 Å². The van der Waals surface area contributed by atoms with Crippen molar-refractivity contribution in [3.05, 3.63) is 54.0 Å². The number of ether oxygens (including phenoxy) is 2. The average Bonchev–Trinajstić information content (AvgIpc) is 3.09. The van der Waals surface area contributed by atoms with Gasteiger partial charge >= 0.3 is 12.3 Å². The fourth-order valence-electron chi connectivity index (χ4n) is 2.34. The number of amides is 1. The highest BCUT2D eigenvalue weighted by Crippen LogP contribution is 2.30. The van der Waals surface area contributed by atoms with E-state index in [2.05, 4.69) is 15.1 Å². The molecule has 0 aliphatic carbocycles. The van der Waals surface area contributed by atoms with E-state index in [0.29, 0.717) is 23.3 Å². The van der Waals surface area contributed by atoms with Gasteiger partial charge in [-0.25, -0.2) is 9.78 Å². The van der Waals surface area contributed by atoms with E-state index in [9.17, 15) is 18.0 Å². The van der Waals surface area contributed by atoms with Crippen LogP contribution in [0.5, 0.6) is 11.6 Å². The van der Waals surface area contributed by atoms with Gasteiger partial charge in [-0.1, -0.05) is 5.16 Å². The van der Waals surface area contributed by atoms with Crippen molar-refractivity contribution in [2.75, 3.05) is 0 Å². The summed E-state index contributed by atoms with van der Waals surface area (Å²) < 4.78 is 53.0. The number of pyridine rings is 1. The third-order valence-corrected chi connectivity index (χ3v) is 3.65. The summed E-state index contributed by atoms with van der Waals surface area (Å²) in [6, 6.07) is 8.50. The molecule has 0 fully saturated rings. The van der Waals surface area contributed by atoms with Crippen LogP contribution in [0, 0.1) is 0 Å². The van der Waals surface area contributed by atoms with Gasteiger partial charge in [-0.2, -0.15) is 18.2 Å². The summed E-state index contributed by atoms with van der Waals surface area (Å²) in [5.74, 6) is 0.970. The van der Waals surface area contributed by atoms with Gasteiger partial charge in [0.05, 0.1) is 12.0 Å². The Morgan fingerprint density at radius 3 is 2.52 bits per heavy atom. The van der Waals surface area contributed by atoms with E-state index in [1.54, 1.807) is 31.2 Å². The van der Waals surface area contributed by atoms with Crippen molar-refractivity contribution in [2.24, 2.45) is 5.73 Å². The van der Waals surface area contributed by atoms with Crippen molar-refractivity contribution in [2.45, 2.75) is 25.6 Å². The van der Waals surface area contributed by atoms with Gasteiger partial charge in [-0.3, -0.25) is 0 Å². The highest BCUT2D eigenvalue weighted by Gasteiger charge is 2.30. The van der Waals surface area contributed by atoms with Gasteiger partial charge in [0.1, 0.15) is 11.9 Å². The second-order valence-corrected chi connectivity index (χ2v) is 5.97. The van der Waals surface area contributed by atoms with E-state index >= 15 is 0 Å². The molecule has 3 aromatic rings. The average molecular weight is 408 g/mol. The van der Waals surface area contributed by atoms with E-state index in [1.807, 2.05) is 0 Å². The van der Waals surface area contributed by atoms with Crippen LogP contribution in [-0.2, 0) is 17.3 Å². The van der Waals surface area contributed by atoms with E-state index in [1.165, 1.54) is 0 Å². The zero-order chi connectivity index (χ0) is 21.0. The molecule has 2 aromatic heterocycles. The van der Waals surface area contributed by atoms with Crippen molar-refractivity contribution in [3.8, 4) is 23.0 Å². The third-order valence-electron chi connectivity index (χ3n) is 3.65. The van der Waals surface area contributed by atoms with Crippen LogP contribution in [0.15, 0.2) is 47.1 Å². The number of nitrogens with two attached hydrogens (primary N) is 1. The predicted octanol–water partition coefficient (Wildman–Crippen LogP) is 3.97. The Bertz CT molecular complexity index is 972. The molecule has 2 heterocycles. The fourth-order valence-corrected chi connectivity index (χ4v) is 2.34. The first-order valence-corrected chi connectivity index (χ1v) is 8.31. The first-order valence-electron chi connectivity index (χ1n) is 8.31. The van der Waals surface area contributed by atoms with Gasteiger partial charge in [0.25, 0.3) is 0 Å². The van der Waals surface area contributed by atoms with Gasteiger partial charge in [-0.15, -0.1) is 0 Å². The SMILES string of the molecule is CC(Cc1nc(-c2ccc(Oc3ccc(C(F)(F)F)cn3)cc2)no1)OC(N)=O. The molecule has 0 saturated heterocycles. The molecule has 8 nitrogen and oxygen atoms in total. The Morgan fingerprint density at radius 2 is 1.93 bits per heavy atom. The van der Waals surface area contributed by atoms with Crippen molar-refractivity contribution in [1.82, 2.24) is 15.1 Å². The third kappa shape index (κ3) is 5.43. The van der Waals surface area contributed by atoms with Crippen LogP contribution in [0.2, 0.25) is 0 Å². The minimum absolute atomic E-state index is 0.0241. The lowest BCUT2D eigenvalue weighted by Crippen LogP contribution is -2.22. The van der Waals surface area contributed by atoms with Gasteiger partial charge in [0.15, 0.2) is 0 Å². The molecule has 0 radical (unpaired) electrons. The maximum Gasteiger partial charge on any atom is 0.417 e. The summed E-state index contributed by atoms with van der Waals surface area (Å²) in [7, 11) is 0. The lowest BCUT2D eigenvalue weighted by Gasteiger charge is -2.08. The number of hydrogen-bond acceptors (Lipinski definition) is 7. The first kappa shape index (κ1) is 20.1. The second-order valence-electron chi connectivity index (χ2n) is 5.97. The molecule has 0 spiro atoms. The van der Waals surface area contributed by atoms with E-state index in [0.717, 1.165) is 12.1 Å². The highest BCUT2D eigenvalue weighted by molar-refractivity contribution is 5.64. The number of alkyl halides is 3. The van der Waals surface area contributed by atoms with Crippen molar-refractivity contribution < 1.29 is 32.0 Å². The lowest BCUT2D eigenvalue weighted by atomic mass is 10.2. The summed E-state index contributed by atoms with van der Waals surface area (Å²) in [4.78, 5) is 18.6. The number of aromatic nitrogens is 3. The second kappa shape index (κ2) is 8.17. The molecule has 1 aromatic carbocycles. The Labute approximate surface area is 162 Å². The Hall–Kier alpha value is -3.63. The molecule has 11 heteroatoms. The molecule has 29 heavy (non-hydrogen) atoms. The molecule has 1 unspecified atom stereocenters. The maximum atomic E-state index is 12.6. The quantitative estimate of drug-likeness (QED) is 0.656. The van der Waals surface area contributed by atoms with Crippen LogP contribution in [0.3, 0.4) is 0 Å². The van der Waals surface area contributed by atoms with Gasteiger partial charge in [0.2, 0.25) is 17.6 Å². The molecular formula is C18H15F3N4O4. The van der Waals surface area contributed by atoms with Gasteiger partial charge in [0, 0.05) is 17.8 Å². The smallest absolute Gasteiger partial charge is 0.417 e. The number of halogens is 3. The lowest BCUT2D eigenvalue weighted by molar-refractivity contribution is -0.137. The Kier molecular flexibility index (Phi) is 5.66. The van der Waals surface area contributed by atoms with Crippen LogP contribution in [0.1, 0.15) is 18.4 Å². The van der Waals surface area contributed by atoms with E-state index < -0.39 is 23.9 Å². The maximum absolute atomic E-state index is 12.6. The van der Waals surface area contributed by atoms with Crippen LogP contribution in [0.4, 0.5) is 18.0 Å². The van der Waals surface area contributed by atoms with E-state index in [4.69, 9.17) is 19.7 Å². The fraction of sp³-hybridized carbons (Fsp3) is 0.222. The molecule has 0 aliphatic heterocycles. The minimum atomic E-state index is -4.46. The van der Waals surface area contributed by atoms with E-state index in [-0.39, 0.29) is 18.2 Å². The normalized spacial score (nSPS) is 12.4.